The van der Waals surface area contributed by atoms with E-state index in [4.69, 9.17) is 9.47 Å². The molecule has 4 nitrogen and oxygen atoms in total. The third-order valence-corrected chi connectivity index (χ3v) is 4.21. The lowest BCUT2D eigenvalue weighted by Crippen LogP contribution is -2.38. The third-order valence-electron chi connectivity index (χ3n) is 4.21. The molecule has 2 rings (SSSR count). The molecule has 142 valence electrons. The molecule has 0 saturated heterocycles. The smallest absolute Gasteiger partial charge is 0.306 e. The van der Waals surface area contributed by atoms with Crippen LogP contribution in [0.25, 0.3) is 10.8 Å². The van der Waals surface area contributed by atoms with Gasteiger partial charge >= 0.3 is 5.97 Å². The zero-order valence-electron chi connectivity index (χ0n) is 16.2. The molecule has 0 amide bonds. The highest BCUT2D eigenvalue weighted by Gasteiger charge is 2.16. The lowest BCUT2D eigenvalue weighted by Gasteiger charge is -2.21. The normalized spacial score (nSPS) is 12.3. The molecule has 0 saturated carbocycles. The van der Waals surface area contributed by atoms with Crippen LogP contribution in [0.5, 0.6) is 5.75 Å². The molecule has 0 aromatic heterocycles. The van der Waals surface area contributed by atoms with Crippen molar-refractivity contribution in [2.75, 3.05) is 13.2 Å². The van der Waals surface area contributed by atoms with Crippen LogP contribution in [0, 0.1) is 0 Å². The topological polar surface area (TPSA) is 47.6 Å². The van der Waals surface area contributed by atoms with E-state index in [1.165, 1.54) is 0 Å². The van der Waals surface area contributed by atoms with Crippen molar-refractivity contribution in [2.45, 2.75) is 58.6 Å². The van der Waals surface area contributed by atoms with Gasteiger partial charge in [-0.15, -0.1) is 0 Å². The van der Waals surface area contributed by atoms with E-state index in [0.717, 1.165) is 35.8 Å². The maximum atomic E-state index is 12.1. The number of rotatable bonds is 11. The molecule has 0 aliphatic rings. The first-order valence-electron chi connectivity index (χ1n) is 9.63. The van der Waals surface area contributed by atoms with E-state index in [2.05, 4.69) is 38.2 Å². The fourth-order valence-electron chi connectivity index (χ4n) is 2.77. The van der Waals surface area contributed by atoms with Crippen LogP contribution in [-0.4, -0.2) is 31.3 Å². The number of ether oxygens (including phenoxy) is 2. The highest BCUT2D eigenvalue weighted by Crippen LogP contribution is 2.25. The Morgan fingerprint density at radius 3 is 2.62 bits per heavy atom. The molecule has 26 heavy (non-hydrogen) atoms. The monoisotopic (exact) mass is 357 g/mol. The minimum absolute atomic E-state index is 0.143. The first kappa shape index (κ1) is 20.2. The Balaban J connectivity index is 1.97. The zero-order chi connectivity index (χ0) is 18.8. The summed E-state index contributed by atoms with van der Waals surface area (Å²) >= 11 is 0. The van der Waals surface area contributed by atoms with Gasteiger partial charge in [0.15, 0.2) is 0 Å². The molecular weight excluding hydrogens is 326 g/mol. The van der Waals surface area contributed by atoms with E-state index in [1.807, 2.05) is 30.3 Å². The van der Waals surface area contributed by atoms with Crippen molar-refractivity contribution in [3.63, 3.8) is 0 Å². The van der Waals surface area contributed by atoms with Crippen molar-refractivity contribution < 1.29 is 14.3 Å². The van der Waals surface area contributed by atoms with Crippen molar-refractivity contribution in [1.29, 1.82) is 0 Å². The first-order chi connectivity index (χ1) is 12.6. The fourth-order valence-corrected chi connectivity index (χ4v) is 2.77. The number of carbonyl (C=O) groups is 1. The van der Waals surface area contributed by atoms with E-state index < -0.39 is 0 Å². The van der Waals surface area contributed by atoms with Gasteiger partial charge in [-0.3, -0.25) is 4.79 Å². The average Bonchev–Trinajstić information content (AvgIpc) is 2.64. The summed E-state index contributed by atoms with van der Waals surface area (Å²) in [5.41, 5.74) is 0. The fraction of sp³-hybridized carbons (Fsp3) is 0.500. The lowest BCUT2D eigenvalue weighted by atomic mass is 10.1. The van der Waals surface area contributed by atoms with Gasteiger partial charge in [-0.05, 0) is 17.9 Å². The van der Waals surface area contributed by atoms with Crippen LogP contribution >= 0.6 is 0 Å². The molecule has 2 aromatic carbocycles. The van der Waals surface area contributed by atoms with Crippen molar-refractivity contribution in [1.82, 2.24) is 5.32 Å². The molecule has 0 bridgehead atoms. The summed E-state index contributed by atoms with van der Waals surface area (Å²) in [5.74, 6) is 0.676. The van der Waals surface area contributed by atoms with Crippen LogP contribution in [-0.2, 0) is 9.53 Å². The first-order valence-corrected chi connectivity index (χ1v) is 9.63. The van der Waals surface area contributed by atoms with E-state index in [9.17, 15) is 4.79 Å². The zero-order valence-corrected chi connectivity index (χ0v) is 16.2. The molecule has 1 atom stereocenters. The molecule has 0 aliphatic carbocycles. The van der Waals surface area contributed by atoms with Crippen molar-refractivity contribution >= 4 is 16.7 Å². The maximum Gasteiger partial charge on any atom is 0.306 e. The predicted molar refractivity (Wildman–Crippen MR) is 107 cm³/mol. The molecule has 0 fully saturated rings. The summed E-state index contributed by atoms with van der Waals surface area (Å²) in [5, 5.41) is 5.54. The molecule has 0 aliphatic heterocycles. The summed E-state index contributed by atoms with van der Waals surface area (Å²) in [6.07, 6.45) is 3.20. The van der Waals surface area contributed by atoms with Crippen molar-refractivity contribution in [2.24, 2.45) is 0 Å². The van der Waals surface area contributed by atoms with E-state index >= 15 is 0 Å². The number of nitrogens with one attached hydrogen (secondary N) is 1. The molecule has 0 radical (unpaired) electrons. The van der Waals surface area contributed by atoms with Crippen LogP contribution in [0.15, 0.2) is 42.5 Å². The van der Waals surface area contributed by atoms with Gasteiger partial charge in [0.25, 0.3) is 0 Å². The minimum atomic E-state index is -0.300. The highest BCUT2D eigenvalue weighted by atomic mass is 16.6. The summed E-state index contributed by atoms with van der Waals surface area (Å²) in [4.78, 5) is 12.1. The Hall–Kier alpha value is -2.07. The van der Waals surface area contributed by atoms with Gasteiger partial charge in [0.1, 0.15) is 18.5 Å². The van der Waals surface area contributed by atoms with Gasteiger partial charge in [0.05, 0.1) is 0 Å². The number of carbonyl (C=O) groups excluding carboxylic acids is 1. The van der Waals surface area contributed by atoms with E-state index in [1.54, 1.807) is 0 Å². The number of fused-ring (bicyclic) bond motifs is 1. The average molecular weight is 357 g/mol. The summed E-state index contributed by atoms with van der Waals surface area (Å²) in [6, 6.07) is 14.5. The second kappa shape index (κ2) is 10.8. The van der Waals surface area contributed by atoms with E-state index in [-0.39, 0.29) is 12.1 Å². The molecule has 2 aromatic rings. The second-order valence-electron chi connectivity index (χ2n) is 6.92. The largest absolute Gasteiger partial charge is 0.489 e. The predicted octanol–water partition coefficient (Wildman–Crippen LogP) is 4.71. The SMILES string of the molecule is CCCCCC(=O)O[C@H](CNC(C)C)COc1cccc2ccccc12. The Labute approximate surface area is 156 Å². The van der Waals surface area contributed by atoms with Gasteiger partial charge in [-0.2, -0.15) is 0 Å². The summed E-state index contributed by atoms with van der Waals surface area (Å²) in [7, 11) is 0. The second-order valence-corrected chi connectivity index (χ2v) is 6.92. The van der Waals surface area contributed by atoms with Gasteiger partial charge in [-0.1, -0.05) is 70.0 Å². The van der Waals surface area contributed by atoms with Crippen LogP contribution in [0.2, 0.25) is 0 Å². The van der Waals surface area contributed by atoms with Gasteiger partial charge < -0.3 is 14.8 Å². The molecule has 0 spiro atoms. The minimum Gasteiger partial charge on any atom is -0.489 e. The molecular formula is C22H31NO3. The Kier molecular flexibility index (Phi) is 8.42. The molecule has 4 heteroatoms. The highest BCUT2D eigenvalue weighted by molar-refractivity contribution is 5.88. The molecule has 0 heterocycles. The molecule has 0 unspecified atom stereocenters. The van der Waals surface area contributed by atoms with Gasteiger partial charge in [-0.25, -0.2) is 0 Å². The van der Waals surface area contributed by atoms with Crippen LogP contribution in [0.1, 0.15) is 46.5 Å². The number of hydrogen-bond donors (Lipinski definition) is 1. The molecule has 1 N–H and O–H groups in total. The van der Waals surface area contributed by atoms with Crippen LogP contribution < -0.4 is 10.1 Å². The number of hydrogen-bond acceptors (Lipinski definition) is 4. The number of unbranched alkanes of at least 4 members (excludes halogenated alkanes) is 2. The van der Waals surface area contributed by atoms with Crippen molar-refractivity contribution in [3.05, 3.63) is 42.5 Å². The quantitative estimate of drug-likeness (QED) is 0.467. The number of benzene rings is 2. The Morgan fingerprint density at radius 2 is 1.85 bits per heavy atom. The van der Waals surface area contributed by atoms with Gasteiger partial charge in [0.2, 0.25) is 0 Å². The number of esters is 1. The summed E-state index contributed by atoms with van der Waals surface area (Å²) in [6.45, 7) is 7.20. The van der Waals surface area contributed by atoms with Crippen molar-refractivity contribution in [3.8, 4) is 5.75 Å². The lowest BCUT2D eigenvalue weighted by molar-refractivity contribution is -0.150. The Bertz CT molecular complexity index is 679. The van der Waals surface area contributed by atoms with Crippen LogP contribution in [0.4, 0.5) is 0 Å². The van der Waals surface area contributed by atoms with Gasteiger partial charge in [0, 0.05) is 24.4 Å². The van der Waals surface area contributed by atoms with E-state index in [0.29, 0.717) is 25.6 Å². The third kappa shape index (κ3) is 6.68. The standard InChI is InChI=1S/C22H31NO3/c1-4-5-6-14-22(24)26-19(15-23-17(2)3)16-25-21-13-9-11-18-10-7-8-12-20(18)21/h7-13,17,19,23H,4-6,14-16H2,1-3H3/t19-/m1/s1. The summed E-state index contributed by atoms with van der Waals surface area (Å²) < 4.78 is 11.7. The van der Waals surface area contributed by atoms with Crippen LogP contribution in [0.3, 0.4) is 0 Å². The maximum absolute atomic E-state index is 12.1. The Morgan fingerprint density at radius 1 is 1.08 bits per heavy atom.